The molecule has 0 heterocycles. The Morgan fingerprint density at radius 3 is 2.43 bits per heavy atom. The molecule has 1 rings (SSSR count). The second-order valence-electron chi connectivity index (χ2n) is 4.55. The third-order valence-corrected chi connectivity index (χ3v) is 4.72. The van der Waals surface area contributed by atoms with Crippen LogP contribution in [-0.4, -0.2) is 36.9 Å². The maximum atomic E-state index is 13.1. The molecule has 10 heteroatoms. The van der Waals surface area contributed by atoms with Gasteiger partial charge in [0, 0.05) is 6.54 Å². The summed E-state index contributed by atoms with van der Waals surface area (Å²) >= 11 is 0. The van der Waals surface area contributed by atoms with Gasteiger partial charge in [0.2, 0.25) is 10.0 Å². The molecule has 0 saturated heterocycles. The van der Waals surface area contributed by atoms with Crippen molar-refractivity contribution >= 4 is 16.0 Å². The quantitative estimate of drug-likeness (QED) is 0.847. The maximum absolute atomic E-state index is 13.1. The number of sulfonamides is 1. The number of carbonyl (C=O) groups is 1. The van der Waals surface area contributed by atoms with Crippen molar-refractivity contribution in [3.05, 3.63) is 29.3 Å². The van der Waals surface area contributed by atoms with E-state index in [1.165, 1.54) is 6.07 Å². The van der Waals surface area contributed by atoms with Crippen molar-refractivity contribution in [1.82, 2.24) is 4.31 Å². The number of hydrogen-bond donors (Lipinski definition) is 1. The number of benzene rings is 1. The van der Waals surface area contributed by atoms with E-state index in [4.69, 9.17) is 10.4 Å². The Hall–Kier alpha value is -2.12. The van der Waals surface area contributed by atoms with Gasteiger partial charge in [-0.15, -0.1) is 0 Å². The number of carboxylic acid groups (broad SMARTS) is 1. The van der Waals surface area contributed by atoms with Crippen LogP contribution < -0.4 is 0 Å². The van der Waals surface area contributed by atoms with E-state index in [1.807, 2.05) is 0 Å². The number of halogens is 3. The van der Waals surface area contributed by atoms with Crippen molar-refractivity contribution < 1.29 is 31.5 Å². The molecule has 0 aliphatic carbocycles. The summed E-state index contributed by atoms with van der Waals surface area (Å²) in [5.41, 5.74) is -1.85. The number of rotatable bonds is 6. The molecule has 0 aliphatic rings. The van der Waals surface area contributed by atoms with Crippen LogP contribution in [0.2, 0.25) is 0 Å². The zero-order chi connectivity index (χ0) is 17.8. The highest BCUT2D eigenvalue weighted by molar-refractivity contribution is 7.89. The van der Waals surface area contributed by atoms with Gasteiger partial charge in [-0.3, -0.25) is 4.79 Å². The molecule has 0 amide bonds. The zero-order valence-corrected chi connectivity index (χ0v) is 12.8. The lowest BCUT2D eigenvalue weighted by Gasteiger charge is -2.22. The van der Waals surface area contributed by atoms with Crippen molar-refractivity contribution in [2.75, 3.05) is 13.1 Å². The standard InChI is InChI=1S/C13H13F3N2O4S/c1-2-5-18(8-12(19)20)23(21,22)11-4-3-9(7-17)6-10(11)13(14,15)16/h3-4,6H,2,5,8H2,1H3,(H,19,20). The van der Waals surface area contributed by atoms with Gasteiger partial charge in [-0.05, 0) is 24.6 Å². The van der Waals surface area contributed by atoms with Crippen molar-refractivity contribution in [2.45, 2.75) is 24.4 Å². The van der Waals surface area contributed by atoms with E-state index < -0.39 is 39.2 Å². The Morgan fingerprint density at radius 1 is 1.39 bits per heavy atom. The van der Waals surface area contributed by atoms with Gasteiger partial charge in [0.15, 0.2) is 0 Å². The predicted molar refractivity (Wildman–Crippen MR) is 72.8 cm³/mol. The molecular weight excluding hydrogens is 337 g/mol. The van der Waals surface area contributed by atoms with Gasteiger partial charge in [0.25, 0.3) is 0 Å². The fourth-order valence-corrected chi connectivity index (χ4v) is 3.54. The van der Waals surface area contributed by atoms with Gasteiger partial charge >= 0.3 is 12.1 Å². The second kappa shape index (κ2) is 6.97. The van der Waals surface area contributed by atoms with Crippen LogP contribution in [-0.2, 0) is 21.0 Å². The summed E-state index contributed by atoms with van der Waals surface area (Å²) in [6.45, 7) is 0.368. The van der Waals surface area contributed by atoms with Crippen LogP contribution in [0.3, 0.4) is 0 Å². The molecule has 126 valence electrons. The Balaban J connectivity index is 3.53. The number of nitrogens with zero attached hydrogens (tertiary/aromatic N) is 2. The molecule has 1 N–H and O–H groups in total. The fourth-order valence-electron chi connectivity index (χ4n) is 1.87. The Morgan fingerprint density at radius 2 is 2.00 bits per heavy atom. The maximum Gasteiger partial charge on any atom is 0.417 e. The molecular formula is C13H13F3N2O4S. The number of aliphatic carboxylic acids is 1. The lowest BCUT2D eigenvalue weighted by atomic mass is 10.1. The minimum absolute atomic E-state index is 0.226. The topological polar surface area (TPSA) is 98.5 Å². The van der Waals surface area contributed by atoms with Crippen LogP contribution in [0.5, 0.6) is 0 Å². The van der Waals surface area contributed by atoms with Gasteiger partial charge < -0.3 is 5.11 Å². The monoisotopic (exact) mass is 350 g/mol. The van der Waals surface area contributed by atoms with Gasteiger partial charge in [-0.1, -0.05) is 6.92 Å². The summed E-state index contributed by atoms with van der Waals surface area (Å²) in [5.74, 6) is -1.48. The van der Waals surface area contributed by atoms with Gasteiger partial charge in [0.05, 0.1) is 22.1 Å². The molecule has 0 spiro atoms. The second-order valence-corrected chi connectivity index (χ2v) is 6.46. The van der Waals surface area contributed by atoms with Crippen LogP contribution in [0.1, 0.15) is 24.5 Å². The summed E-state index contributed by atoms with van der Waals surface area (Å²) in [6, 6.07) is 3.54. The highest BCUT2D eigenvalue weighted by atomic mass is 32.2. The lowest BCUT2D eigenvalue weighted by molar-refractivity contribution is -0.140. The van der Waals surface area contributed by atoms with Crippen LogP contribution in [0.25, 0.3) is 0 Å². The summed E-state index contributed by atoms with van der Waals surface area (Å²) in [5, 5.41) is 17.4. The minimum atomic E-state index is -5.00. The third-order valence-electron chi connectivity index (χ3n) is 2.82. The van der Waals surface area contributed by atoms with Gasteiger partial charge in [-0.25, -0.2) is 8.42 Å². The Labute approximate surface area is 130 Å². The zero-order valence-electron chi connectivity index (χ0n) is 12.0. The molecule has 0 aliphatic heterocycles. The van der Waals surface area contributed by atoms with Crippen LogP contribution in [0, 0.1) is 11.3 Å². The van der Waals surface area contributed by atoms with Crippen molar-refractivity contribution in [3.63, 3.8) is 0 Å². The number of alkyl halides is 3. The molecule has 6 nitrogen and oxygen atoms in total. The Bertz CT molecular complexity index is 739. The fraction of sp³-hybridized carbons (Fsp3) is 0.385. The Kier molecular flexibility index (Phi) is 5.74. The summed E-state index contributed by atoms with van der Waals surface area (Å²) in [4.78, 5) is 9.70. The summed E-state index contributed by atoms with van der Waals surface area (Å²) in [7, 11) is -4.67. The van der Waals surface area contributed by atoms with E-state index in [1.54, 1.807) is 6.92 Å². The molecule has 0 unspecified atom stereocenters. The highest BCUT2D eigenvalue weighted by Gasteiger charge is 2.39. The normalized spacial score (nSPS) is 12.2. The number of carboxylic acids is 1. The van der Waals surface area contributed by atoms with E-state index in [0.717, 1.165) is 6.07 Å². The first-order valence-corrected chi connectivity index (χ1v) is 7.81. The average molecular weight is 350 g/mol. The molecule has 0 bridgehead atoms. The first-order chi connectivity index (χ1) is 10.5. The number of hydrogen-bond acceptors (Lipinski definition) is 4. The largest absolute Gasteiger partial charge is 0.480 e. The van der Waals surface area contributed by atoms with Crippen LogP contribution in [0.15, 0.2) is 23.1 Å². The van der Waals surface area contributed by atoms with Crippen LogP contribution in [0.4, 0.5) is 13.2 Å². The van der Waals surface area contributed by atoms with Gasteiger partial charge in [-0.2, -0.15) is 22.7 Å². The van der Waals surface area contributed by atoms with Crippen LogP contribution >= 0.6 is 0 Å². The lowest BCUT2D eigenvalue weighted by Crippen LogP contribution is -2.37. The molecule has 1 aromatic rings. The van der Waals surface area contributed by atoms with E-state index in [2.05, 4.69) is 0 Å². The SMILES string of the molecule is CCCN(CC(=O)O)S(=O)(=O)c1ccc(C#N)cc1C(F)(F)F. The van der Waals surface area contributed by atoms with E-state index >= 15 is 0 Å². The average Bonchev–Trinajstić information content (AvgIpc) is 2.44. The molecule has 1 aromatic carbocycles. The highest BCUT2D eigenvalue weighted by Crippen LogP contribution is 2.36. The minimum Gasteiger partial charge on any atom is -0.480 e. The molecule has 23 heavy (non-hydrogen) atoms. The molecule has 0 atom stereocenters. The molecule has 0 fully saturated rings. The van der Waals surface area contributed by atoms with Gasteiger partial charge in [0.1, 0.15) is 6.54 Å². The summed E-state index contributed by atoms with van der Waals surface area (Å²) in [6.07, 6.45) is -4.78. The van der Waals surface area contributed by atoms with E-state index in [9.17, 15) is 26.4 Å². The van der Waals surface area contributed by atoms with Crippen molar-refractivity contribution in [1.29, 1.82) is 5.26 Å². The molecule has 0 saturated carbocycles. The first-order valence-electron chi connectivity index (χ1n) is 6.37. The van der Waals surface area contributed by atoms with E-state index in [-0.39, 0.29) is 18.5 Å². The van der Waals surface area contributed by atoms with Crippen molar-refractivity contribution in [3.8, 4) is 6.07 Å². The summed E-state index contributed by atoms with van der Waals surface area (Å²) < 4.78 is 64.6. The predicted octanol–water partition coefficient (Wildman–Crippen LogP) is 2.06. The molecule has 0 aromatic heterocycles. The molecule has 0 radical (unpaired) electrons. The first kappa shape index (κ1) is 18.9. The third kappa shape index (κ3) is 4.43. The van der Waals surface area contributed by atoms with E-state index in [0.29, 0.717) is 16.4 Å². The van der Waals surface area contributed by atoms with Crippen molar-refractivity contribution in [2.24, 2.45) is 0 Å². The smallest absolute Gasteiger partial charge is 0.417 e. The number of nitriles is 1.